The number of nitrogens with zero attached hydrogens (tertiary/aromatic N) is 2. The van der Waals surface area contributed by atoms with Gasteiger partial charge in [0, 0.05) is 16.8 Å². The monoisotopic (exact) mass is 320 g/mol. The molecule has 0 aliphatic heterocycles. The lowest BCUT2D eigenvalue weighted by Gasteiger charge is -2.04. The molecule has 0 saturated heterocycles. The van der Waals surface area contributed by atoms with Gasteiger partial charge in [-0.2, -0.15) is 10.2 Å². The summed E-state index contributed by atoms with van der Waals surface area (Å²) in [5, 5.41) is 22.9. The molecular formula is C18H16N4O2. The first-order valence-corrected chi connectivity index (χ1v) is 7.84. The normalized spacial score (nSPS) is 13.5. The molecule has 3 aromatic rings. The van der Waals surface area contributed by atoms with Crippen molar-refractivity contribution in [2.24, 2.45) is 5.10 Å². The van der Waals surface area contributed by atoms with Crippen LogP contribution in [0.3, 0.4) is 0 Å². The van der Waals surface area contributed by atoms with Gasteiger partial charge in [0.15, 0.2) is 5.69 Å². The largest absolute Gasteiger partial charge is 0.507 e. The number of nitrogens with one attached hydrogen (secondary N) is 2. The number of fused-ring (bicyclic) bond motifs is 2. The fraction of sp³-hybridized carbons (Fsp3) is 0.167. The highest BCUT2D eigenvalue weighted by molar-refractivity contribution is 6.03. The van der Waals surface area contributed by atoms with Gasteiger partial charge in [0.2, 0.25) is 0 Å². The van der Waals surface area contributed by atoms with Crippen LogP contribution in [0, 0.1) is 0 Å². The van der Waals surface area contributed by atoms with Crippen LogP contribution in [0.2, 0.25) is 0 Å². The molecule has 0 fully saturated rings. The van der Waals surface area contributed by atoms with Crippen molar-refractivity contribution >= 4 is 22.9 Å². The first-order valence-electron chi connectivity index (χ1n) is 7.84. The van der Waals surface area contributed by atoms with Gasteiger partial charge >= 0.3 is 0 Å². The summed E-state index contributed by atoms with van der Waals surface area (Å²) in [5.74, 6) is -0.224. The van der Waals surface area contributed by atoms with E-state index in [0.717, 1.165) is 41.3 Å². The molecule has 0 radical (unpaired) electrons. The van der Waals surface area contributed by atoms with Gasteiger partial charge in [-0.1, -0.05) is 30.3 Å². The van der Waals surface area contributed by atoms with E-state index in [1.54, 1.807) is 6.07 Å². The number of phenols is 1. The Morgan fingerprint density at radius 3 is 3.04 bits per heavy atom. The van der Waals surface area contributed by atoms with Crippen molar-refractivity contribution in [3.8, 4) is 5.75 Å². The van der Waals surface area contributed by atoms with Crippen LogP contribution >= 0.6 is 0 Å². The maximum atomic E-state index is 12.2. The predicted octanol–water partition coefficient (Wildman–Crippen LogP) is 2.52. The first-order chi connectivity index (χ1) is 11.7. The van der Waals surface area contributed by atoms with E-state index in [4.69, 9.17) is 0 Å². The van der Waals surface area contributed by atoms with Gasteiger partial charge in [-0.05, 0) is 36.1 Å². The third kappa shape index (κ3) is 2.42. The van der Waals surface area contributed by atoms with Gasteiger partial charge in [-0.15, -0.1) is 0 Å². The highest BCUT2D eigenvalue weighted by atomic mass is 16.3. The Morgan fingerprint density at radius 1 is 1.25 bits per heavy atom. The minimum atomic E-state index is -0.342. The second-order valence-corrected chi connectivity index (χ2v) is 5.80. The lowest BCUT2D eigenvalue weighted by atomic mass is 10.0. The van der Waals surface area contributed by atoms with E-state index in [1.165, 1.54) is 6.21 Å². The molecular weight excluding hydrogens is 304 g/mol. The molecule has 120 valence electrons. The van der Waals surface area contributed by atoms with Crippen LogP contribution in [-0.4, -0.2) is 27.4 Å². The van der Waals surface area contributed by atoms with Gasteiger partial charge in [-0.25, -0.2) is 5.43 Å². The molecule has 0 unspecified atom stereocenters. The van der Waals surface area contributed by atoms with Crippen molar-refractivity contribution in [2.75, 3.05) is 0 Å². The van der Waals surface area contributed by atoms with Gasteiger partial charge in [0.1, 0.15) is 5.75 Å². The number of benzene rings is 2. The van der Waals surface area contributed by atoms with Crippen molar-refractivity contribution in [1.82, 2.24) is 15.6 Å². The van der Waals surface area contributed by atoms with Crippen molar-refractivity contribution in [3.05, 3.63) is 58.9 Å². The lowest BCUT2D eigenvalue weighted by molar-refractivity contribution is 0.0949. The van der Waals surface area contributed by atoms with E-state index in [0.29, 0.717) is 11.3 Å². The van der Waals surface area contributed by atoms with Crippen molar-refractivity contribution < 1.29 is 9.90 Å². The molecule has 1 aromatic heterocycles. The summed E-state index contributed by atoms with van der Waals surface area (Å²) >= 11 is 0. The number of aryl methyl sites for hydroxylation is 1. The number of aromatic amines is 1. The Hall–Kier alpha value is -3.15. The molecule has 1 amide bonds. The minimum absolute atomic E-state index is 0.118. The van der Waals surface area contributed by atoms with E-state index in [9.17, 15) is 9.90 Å². The molecule has 24 heavy (non-hydrogen) atoms. The van der Waals surface area contributed by atoms with Crippen LogP contribution in [0.25, 0.3) is 10.8 Å². The van der Waals surface area contributed by atoms with Gasteiger partial charge in [-0.3, -0.25) is 9.89 Å². The first kappa shape index (κ1) is 14.4. The Bertz CT molecular complexity index is 959. The maximum Gasteiger partial charge on any atom is 0.292 e. The fourth-order valence-electron chi connectivity index (χ4n) is 3.14. The van der Waals surface area contributed by atoms with Crippen molar-refractivity contribution in [3.63, 3.8) is 0 Å². The Labute approximate surface area is 138 Å². The summed E-state index contributed by atoms with van der Waals surface area (Å²) in [4.78, 5) is 12.2. The van der Waals surface area contributed by atoms with Crippen LogP contribution in [-0.2, 0) is 12.8 Å². The van der Waals surface area contributed by atoms with Crippen molar-refractivity contribution in [2.45, 2.75) is 19.3 Å². The number of aromatic nitrogens is 2. The predicted molar refractivity (Wildman–Crippen MR) is 91.3 cm³/mol. The maximum absolute atomic E-state index is 12.2. The zero-order chi connectivity index (χ0) is 16.5. The number of rotatable bonds is 3. The highest BCUT2D eigenvalue weighted by Crippen LogP contribution is 2.25. The molecule has 2 aromatic carbocycles. The minimum Gasteiger partial charge on any atom is -0.507 e. The number of carbonyl (C=O) groups is 1. The summed E-state index contributed by atoms with van der Waals surface area (Å²) < 4.78 is 0. The Kier molecular flexibility index (Phi) is 3.49. The molecule has 0 saturated carbocycles. The van der Waals surface area contributed by atoms with Gasteiger partial charge in [0.25, 0.3) is 5.91 Å². The van der Waals surface area contributed by atoms with Crippen LogP contribution in [0.1, 0.15) is 33.7 Å². The smallest absolute Gasteiger partial charge is 0.292 e. The molecule has 3 N–H and O–H groups in total. The molecule has 4 rings (SSSR count). The summed E-state index contributed by atoms with van der Waals surface area (Å²) in [5.41, 5.74) is 5.49. The molecule has 0 spiro atoms. The Balaban J connectivity index is 1.58. The van der Waals surface area contributed by atoms with Crippen LogP contribution < -0.4 is 5.43 Å². The SMILES string of the molecule is O=C(N/N=C\c1c(O)ccc2ccccc12)c1n[nH]c2c1CCC2. The molecule has 6 heteroatoms. The third-order valence-electron chi connectivity index (χ3n) is 4.33. The lowest BCUT2D eigenvalue weighted by Crippen LogP contribution is -2.19. The molecule has 6 nitrogen and oxygen atoms in total. The van der Waals surface area contributed by atoms with Gasteiger partial charge < -0.3 is 5.11 Å². The van der Waals surface area contributed by atoms with Crippen LogP contribution in [0.5, 0.6) is 5.75 Å². The molecule has 0 bridgehead atoms. The highest BCUT2D eigenvalue weighted by Gasteiger charge is 2.22. The average Bonchev–Trinajstić information content (AvgIpc) is 3.20. The van der Waals surface area contributed by atoms with Crippen LogP contribution in [0.4, 0.5) is 0 Å². The standard InChI is InChI=1S/C18H16N4O2/c23-16-9-8-11-4-1-2-5-12(11)14(16)10-19-22-18(24)17-13-6-3-7-15(13)20-21-17/h1-2,4-5,8-10,23H,3,6-7H2,(H,20,21)(H,22,24)/b19-10-. The van der Waals surface area contributed by atoms with Crippen molar-refractivity contribution in [1.29, 1.82) is 0 Å². The topological polar surface area (TPSA) is 90.4 Å². The van der Waals surface area contributed by atoms with Crippen LogP contribution in [0.15, 0.2) is 41.5 Å². The summed E-state index contributed by atoms with van der Waals surface area (Å²) in [6.45, 7) is 0. The number of hydrazone groups is 1. The summed E-state index contributed by atoms with van der Waals surface area (Å²) in [6.07, 6.45) is 4.30. The molecule has 0 atom stereocenters. The fourth-order valence-corrected chi connectivity index (χ4v) is 3.14. The van der Waals surface area contributed by atoms with Gasteiger partial charge in [0.05, 0.1) is 6.21 Å². The zero-order valence-corrected chi connectivity index (χ0v) is 12.9. The quantitative estimate of drug-likeness (QED) is 0.511. The number of hydrogen-bond donors (Lipinski definition) is 3. The third-order valence-corrected chi connectivity index (χ3v) is 4.33. The number of carbonyl (C=O) groups excluding carboxylic acids is 1. The second kappa shape index (κ2) is 5.81. The van der Waals surface area contributed by atoms with E-state index in [-0.39, 0.29) is 11.7 Å². The zero-order valence-electron chi connectivity index (χ0n) is 12.9. The van der Waals surface area contributed by atoms with E-state index >= 15 is 0 Å². The number of amides is 1. The summed E-state index contributed by atoms with van der Waals surface area (Å²) in [6, 6.07) is 11.1. The Morgan fingerprint density at radius 2 is 2.12 bits per heavy atom. The van der Waals surface area contributed by atoms with E-state index in [2.05, 4.69) is 20.7 Å². The van der Waals surface area contributed by atoms with E-state index in [1.807, 2.05) is 30.3 Å². The number of phenolic OH excluding ortho intramolecular Hbond substituents is 1. The molecule has 1 aliphatic carbocycles. The molecule has 1 heterocycles. The number of aromatic hydroxyl groups is 1. The number of H-pyrrole nitrogens is 1. The summed E-state index contributed by atoms with van der Waals surface area (Å²) in [7, 11) is 0. The van der Waals surface area contributed by atoms with E-state index < -0.39 is 0 Å². The molecule has 1 aliphatic rings. The number of hydrogen-bond acceptors (Lipinski definition) is 4. The second-order valence-electron chi connectivity index (χ2n) is 5.80. The average molecular weight is 320 g/mol.